The molecule has 32 heavy (non-hydrogen) atoms. The fraction of sp³-hybridized carbons (Fsp3) is 0.520. The minimum atomic E-state index is -0.804. The second-order valence-corrected chi connectivity index (χ2v) is 9.10. The predicted octanol–water partition coefficient (Wildman–Crippen LogP) is 3.93. The van der Waals surface area contributed by atoms with Gasteiger partial charge in [-0.05, 0) is 61.4 Å². The van der Waals surface area contributed by atoms with Crippen LogP contribution in [0.4, 0.5) is 0 Å². The molecule has 3 N–H and O–H groups in total. The van der Waals surface area contributed by atoms with Crippen LogP contribution < -0.4 is 0 Å². The van der Waals surface area contributed by atoms with E-state index in [4.69, 9.17) is 11.6 Å². The van der Waals surface area contributed by atoms with Gasteiger partial charge in [0.25, 0.3) is 0 Å². The van der Waals surface area contributed by atoms with Crippen molar-refractivity contribution in [2.45, 2.75) is 52.1 Å². The summed E-state index contributed by atoms with van der Waals surface area (Å²) in [5.74, 6) is -1.95. The van der Waals surface area contributed by atoms with Crippen molar-refractivity contribution in [1.29, 1.82) is 0 Å². The molecule has 4 atom stereocenters. The number of carbonyl (C=O) groups excluding carboxylic acids is 2. The highest BCUT2D eigenvalue weighted by Gasteiger charge is 2.53. The molecule has 1 heterocycles. The third-order valence-electron chi connectivity index (χ3n) is 6.92. The topological polar surface area (TPSA) is 98.1 Å². The van der Waals surface area contributed by atoms with Gasteiger partial charge < -0.3 is 15.3 Å². The zero-order valence-corrected chi connectivity index (χ0v) is 19.6. The van der Waals surface area contributed by atoms with Crippen molar-refractivity contribution in [3.8, 4) is 5.75 Å². The molecule has 3 rings (SSSR count). The molecule has 0 saturated carbocycles. The van der Waals surface area contributed by atoms with Gasteiger partial charge >= 0.3 is 0 Å². The summed E-state index contributed by atoms with van der Waals surface area (Å²) in [6.45, 7) is 3.74. The number of allylic oxidation sites excluding steroid dienone is 2. The first-order chi connectivity index (χ1) is 15.2. The summed E-state index contributed by atoms with van der Waals surface area (Å²) >= 11 is 6.23. The largest absolute Gasteiger partial charge is 0.508 e. The maximum Gasteiger partial charge on any atom is 0.233 e. The number of nitrogens with zero attached hydrogens (tertiary/aromatic N) is 1. The molecule has 2 aliphatic rings. The van der Waals surface area contributed by atoms with Crippen molar-refractivity contribution in [2.24, 2.45) is 17.8 Å². The Hall–Kier alpha value is -2.15. The SMILES string of the molecule is CCC1=C([C@H](O)CC/C(=C/c2ccc(O)cc2Cl)CC)[C@H](CO)[C@@H]2C(=O)N(C)C(=O)[C@@H]2C1. The van der Waals surface area contributed by atoms with Crippen LogP contribution in [0.25, 0.3) is 6.08 Å². The fourth-order valence-corrected chi connectivity index (χ4v) is 5.37. The Balaban J connectivity index is 1.82. The summed E-state index contributed by atoms with van der Waals surface area (Å²) in [6.07, 6.45) is 4.12. The van der Waals surface area contributed by atoms with Crippen molar-refractivity contribution >= 4 is 29.5 Å². The van der Waals surface area contributed by atoms with Gasteiger partial charge in [-0.25, -0.2) is 0 Å². The van der Waals surface area contributed by atoms with Crippen molar-refractivity contribution in [1.82, 2.24) is 4.90 Å². The van der Waals surface area contributed by atoms with Crippen LogP contribution in [-0.2, 0) is 9.59 Å². The molecule has 7 heteroatoms. The number of aromatic hydroxyl groups is 1. The van der Waals surface area contributed by atoms with Crippen LogP contribution >= 0.6 is 11.6 Å². The number of fused-ring (bicyclic) bond motifs is 1. The van der Waals surface area contributed by atoms with Crippen molar-refractivity contribution < 1.29 is 24.9 Å². The zero-order chi connectivity index (χ0) is 23.6. The van der Waals surface area contributed by atoms with E-state index in [1.807, 2.05) is 19.9 Å². The average molecular weight is 462 g/mol. The van der Waals surface area contributed by atoms with Gasteiger partial charge in [0.2, 0.25) is 11.8 Å². The molecule has 1 aromatic rings. The molecule has 2 amide bonds. The molecule has 1 saturated heterocycles. The van der Waals surface area contributed by atoms with E-state index in [1.54, 1.807) is 12.1 Å². The molecular weight excluding hydrogens is 430 g/mol. The van der Waals surface area contributed by atoms with E-state index in [0.717, 1.165) is 28.7 Å². The second kappa shape index (κ2) is 10.2. The van der Waals surface area contributed by atoms with E-state index < -0.39 is 23.9 Å². The highest BCUT2D eigenvalue weighted by atomic mass is 35.5. The van der Waals surface area contributed by atoms with Gasteiger partial charge in [0.05, 0.1) is 29.6 Å². The summed E-state index contributed by atoms with van der Waals surface area (Å²) in [4.78, 5) is 26.4. The molecule has 0 aromatic heterocycles. The van der Waals surface area contributed by atoms with Crippen LogP contribution in [0.15, 0.2) is 34.9 Å². The van der Waals surface area contributed by atoms with E-state index >= 15 is 0 Å². The number of phenolic OH excluding ortho intramolecular Hbond substituents is 1. The van der Waals surface area contributed by atoms with Gasteiger partial charge in [0.1, 0.15) is 5.75 Å². The number of amides is 2. The molecule has 1 fully saturated rings. The second-order valence-electron chi connectivity index (χ2n) is 8.69. The summed E-state index contributed by atoms with van der Waals surface area (Å²) in [5.41, 5.74) is 3.59. The minimum absolute atomic E-state index is 0.107. The lowest BCUT2D eigenvalue weighted by atomic mass is 9.67. The van der Waals surface area contributed by atoms with Gasteiger partial charge in [0, 0.05) is 13.0 Å². The zero-order valence-electron chi connectivity index (χ0n) is 18.8. The van der Waals surface area contributed by atoms with Crippen LogP contribution in [0.3, 0.4) is 0 Å². The molecular formula is C25H32ClNO5. The van der Waals surface area contributed by atoms with Gasteiger partial charge in [-0.1, -0.05) is 42.7 Å². The molecule has 0 bridgehead atoms. The van der Waals surface area contributed by atoms with Crippen LogP contribution in [0.2, 0.25) is 5.02 Å². The third kappa shape index (κ3) is 4.63. The van der Waals surface area contributed by atoms with Crippen molar-refractivity contribution in [2.75, 3.05) is 13.7 Å². The smallest absolute Gasteiger partial charge is 0.233 e. The van der Waals surface area contributed by atoms with Crippen molar-refractivity contribution in [3.63, 3.8) is 0 Å². The Morgan fingerprint density at radius 2 is 2.00 bits per heavy atom. The number of imide groups is 1. The fourth-order valence-electron chi connectivity index (χ4n) is 5.14. The lowest BCUT2D eigenvalue weighted by molar-refractivity contribution is -0.138. The number of phenols is 1. The molecule has 0 radical (unpaired) electrons. The standard InChI is InChI=1S/C25H32ClNO5/c1-4-14(10-16-7-8-17(29)12-20(16)26)6-9-21(30)22-15(5-2)11-18-23(19(22)13-28)25(32)27(3)24(18)31/h7-8,10,12,18-19,21,23,28-30H,4-6,9,11,13H2,1-3H3/b14-10+/t18-,19+,21-,23-/m1/s1. The molecule has 174 valence electrons. The van der Waals surface area contributed by atoms with Crippen LogP contribution in [0.5, 0.6) is 5.75 Å². The number of hydrogen-bond donors (Lipinski definition) is 3. The summed E-state index contributed by atoms with van der Waals surface area (Å²) in [7, 11) is 1.49. The Morgan fingerprint density at radius 3 is 2.59 bits per heavy atom. The quantitative estimate of drug-likeness (QED) is 0.402. The van der Waals surface area contributed by atoms with Gasteiger partial charge in [-0.15, -0.1) is 0 Å². The van der Waals surface area contributed by atoms with Gasteiger partial charge in [0.15, 0.2) is 0 Å². The number of rotatable bonds is 8. The maximum atomic E-state index is 12.7. The number of aliphatic hydroxyl groups is 2. The Morgan fingerprint density at radius 1 is 1.28 bits per heavy atom. The third-order valence-corrected chi connectivity index (χ3v) is 7.25. The number of hydrogen-bond acceptors (Lipinski definition) is 5. The number of aliphatic hydroxyl groups excluding tert-OH is 2. The first-order valence-electron chi connectivity index (χ1n) is 11.2. The first-order valence-corrected chi connectivity index (χ1v) is 11.6. The summed E-state index contributed by atoms with van der Waals surface area (Å²) in [6, 6.07) is 4.83. The summed E-state index contributed by atoms with van der Waals surface area (Å²) < 4.78 is 0. The molecule has 6 nitrogen and oxygen atoms in total. The lowest BCUT2D eigenvalue weighted by Crippen LogP contribution is -2.39. The van der Waals surface area contributed by atoms with E-state index in [0.29, 0.717) is 30.7 Å². The molecule has 1 aliphatic heterocycles. The highest BCUT2D eigenvalue weighted by molar-refractivity contribution is 6.32. The average Bonchev–Trinajstić information content (AvgIpc) is 3.00. The number of benzene rings is 1. The molecule has 0 spiro atoms. The lowest BCUT2D eigenvalue weighted by Gasteiger charge is -2.36. The van der Waals surface area contributed by atoms with E-state index in [2.05, 4.69) is 0 Å². The Labute approximate surface area is 194 Å². The van der Waals surface area contributed by atoms with Gasteiger partial charge in [-0.3, -0.25) is 14.5 Å². The Bertz CT molecular complexity index is 954. The van der Waals surface area contributed by atoms with E-state index in [-0.39, 0.29) is 24.2 Å². The summed E-state index contributed by atoms with van der Waals surface area (Å²) in [5, 5.41) is 31.3. The monoisotopic (exact) mass is 461 g/mol. The van der Waals surface area contributed by atoms with E-state index in [1.165, 1.54) is 18.0 Å². The number of likely N-dealkylation sites (tertiary alicyclic amines) is 1. The normalized spacial score (nSPS) is 24.9. The van der Waals surface area contributed by atoms with Gasteiger partial charge in [-0.2, -0.15) is 0 Å². The highest BCUT2D eigenvalue weighted by Crippen LogP contribution is 2.46. The number of halogens is 1. The minimum Gasteiger partial charge on any atom is -0.508 e. The van der Waals surface area contributed by atoms with E-state index in [9.17, 15) is 24.9 Å². The molecule has 1 aromatic carbocycles. The predicted molar refractivity (Wildman–Crippen MR) is 124 cm³/mol. The first kappa shape index (κ1) is 24.5. The Kier molecular flexibility index (Phi) is 7.80. The van der Waals surface area contributed by atoms with Crippen LogP contribution in [-0.4, -0.2) is 51.8 Å². The van der Waals surface area contributed by atoms with Crippen molar-refractivity contribution in [3.05, 3.63) is 45.5 Å². The maximum absolute atomic E-state index is 12.7. The molecule has 1 aliphatic carbocycles. The van der Waals surface area contributed by atoms with Crippen LogP contribution in [0.1, 0.15) is 51.5 Å². The van der Waals surface area contributed by atoms with Crippen LogP contribution in [0, 0.1) is 17.8 Å². The number of carbonyl (C=O) groups is 2. The molecule has 0 unspecified atom stereocenters.